The van der Waals surface area contributed by atoms with E-state index in [0.29, 0.717) is 11.3 Å². The van der Waals surface area contributed by atoms with Crippen LogP contribution in [-0.4, -0.2) is 23.8 Å². The van der Waals surface area contributed by atoms with E-state index in [2.05, 4.69) is 65.3 Å². The molecule has 1 N–H and O–H groups in total. The van der Waals surface area contributed by atoms with Gasteiger partial charge in [-0.1, -0.05) is 54.6 Å². The van der Waals surface area contributed by atoms with Gasteiger partial charge >= 0.3 is 0 Å². The number of aryl methyl sites for hydroxylation is 1. The molecule has 0 saturated carbocycles. The summed E-state index contributed by atoms with van der Waals surface area (Å²) in [5, 5.41) is 8.63. The molecule has 0 saturated heterocycles. The van der Waals surface area contributed by atoms with E-state index < -0.39 is 0 Å². The van der Waals surface area contributed by atoms with Gasteiger partial charge in [0.1, 0.15) is 5.75 Å². The third-order valence-electron chi connectivity index (χ3n) is 6.14. The van der Waals surface area contributed by atoms with Gasteiger partial charge < -0.3 is 9.30 Å². The van der Waals surface area contributed by atoms with Crippen molar-refractivity contribution in [2.45, 2.75) is 13.8 Å². The molecule has 0 aliphatic rings. The first-order valence-corrected chi connectivity index (χ1v) is 11.1. The standard InChI is InChI=1S/C29H25N3O2/c1-19-14-25(20(2)32(19)26-13-12-21-8-4-5-9-22(21)15-26)18-30-31-29(33)27-16-23-10-6-7-11-24(23)17-28(27)34-3/h4-18H,1-3H3,(H,31,33)/b30-18-. The molecule has 0 spiro atoms. The minimum atomic E-state index is -0.317. The summed E-state index contributed by atoms with van der Waals surface area (Å²) in [6, 6.07) is 28.4. The molecule has 168 valence electrons. The Kier molecular flexibility index (Phi) is 5.60. The van der Waals surface area contributed by atoms with Crippen molar-refractivity contribution < 1.29 is 9.53 Å². The lowest BCUT2D eigenvalue weighted by Gasteiger charge is -2.11. The quantitative estimate of drug-likeness (QED) is 0.259. The lowest BCUT2D eigenvalue weighted by atomic mass is 10.1. The van der Waals surface area contributed by atoms with Gasteiger partial charge in [0.05, 0.1) is 18.9 Å². The van der Waals surface area contributed by atoms with Crippen LogP contribution >= 0.6 is 0 Å². The molecule has 1 amide bonds. The molecular weight excluding hydrogens is 422 g/mol. The van der Waals surface area contributed by atoms with Crippen molar-refractivity contribution in [2.75, 3.05) is 7.11 Å². The van der Waals surface area contributed by atoms with Gasteiger partial charge in [-0.05, 0) is 65.7 Å². The summed E-state index contributed by atoms with van der Waals surface area (Å²) < 4.78 is 7.64. The Bertz CT molecular complexity index is 1560. The Morgan fingerprint density at radius 2 is 1.50 bits per heavy atom. The number of hydrazone groups is 1. The molecule has 1 aromatic heterocycles. The summed E-state index contributed by atoms with van der Waals surface area (Å²) >= 11 is 0. The largest absolute Gasteiger partial charge is 0.496 e. The van der Waals surface area contributed by atoms with Crippen LogP contribution in [0.3, 0.4) is 0 Å². The molecule has 0 radical (unpaired) electrons. The van der Waals surface area contributed by atoms with E-state index in [1.165, 1.54) is 10.8 Å². The fraction of sp³-hybridized carbons (Fsp3) is 0.103. The maximum absolute atomic E-state index is 12.9. The van der Waals surface area contributed by atoms with Crippen molar-refractivity contribution in [3.63, 3.8) is 0 Å². The highest BCUT2D eigenvalue weighted by Crippen LogP contribution is 2.26. The fourth-order valence-electron chi connectivity index (χ4n) is 4.42. The first-order valence-electron chi connectivity index (χ1n) is 11.1. The number of nitrogens with one attached hydrogen (secondary N) is 1. The van der Waals surface area contributed by atoms with E-state index in [4.69, 9.17) is 4.74 Å². The molecule has 0 unspecified atom stereocenters. The van der Waals surface area contributed by atoms with Crippen LogP contribution in [0.4, 0.5) is 0 Å². The van der Waals surface area contributed by atoms with Gasteiger partial charge in [-0.25, -0.2) is 5.43 Å². The Morgan fingerprint density at radius 1 is 0.853 bits per heavy atom. The van der Waals surface area contributed by atoms with Crippen molar-refractivity contribution in [1.29, 1.82) is 0 Å². The Morgan fingerprint density at radius 3 is 2.21 bits per heavy atom. The summed E-state index contributed by atoms with van der Waals surface area (Å²) in [5.74, 6) is 0.197. The van der Waals surface area contributed by atoms with Gasteiger partial charge in [0.25, 0.3) is 5.91 Å². The van der Waals surface area contributed by atoms with Crippen molar-refractivity contribution in [2.24, 2.45) is 5.10 Å². The second-order valence-corrected chi connectivity index (χ2v) is 8.29. The average Bonchev–Trinajstić information content (AvgIpc) is 3.15. The van der Waals surface area contributed by atoms with Crippen LogP contribution in [0, 0.1) is 13.8 Å². The minimum Gasteiger partial charge on any atom is -0.496 e. The lowest BCUT2D eigenvalue weighted by molar-refractivity contribution is 0.0952. The van der Waals surface area contributed by atoms with Crippen molar-refractivity contribution in [3.8, 4) is 11.4 Å². The number of carbonyl (C=O) groups excluding carboxylic acids is 1. The monoisotopic (exact) mass is 447 g/mol. The van der Waals surface area contributed by atoms with Crippen molar-refractivity contribution >= 4 is 33.7 Å². The number of methoxy groups -OCH3 is 1. The molecule has 5 nitrogen and oxygen atoms in total. The summed E-state index contributed by atoms with van der Waals surface area (Å²) in [6.07, 6.45) is 1.69. The zero-order chi connectivity index (χ0) is 23.7. The number of aromatic nitrogens is 1. The molecule has 4 aromatic carbocycles. The van der Waals surface area contributed by atoms with Crippen LogP contribution < -0.4 is 10.2 Å². The SMILES string of the molecule is COc1cc2ccccc2cc1C(=O)N/N=C\c1cc(C)n(-c2ccc3ccccc3c2)c1C. The molecular formula is C29H25N3O2. The molecule has 5 aromatic rings. The number of benzene rings is 4. The highest BCUT2D eigenvalue weighted by molar-refractivity contribution is 6.02. The van der Waals surface area contributed by atoms with Gasteiger partial charge in [0, 0.05) is 22.6 Å². The van der Waals surface area contributed by atoms with Gasteiger partial charge in [-0.2, -0.15) is 5.10 Å². The van der Waals surface area contributed by atoms with Crippen LogP contribution in [0.25, 0.3) is 27.2 Å². The van der Waals surface area contributed by atoms with Crippen LogP contribution in [0.1, 0.15) is 27.3 Å². The maximum Gasteiger partial charge on any atom is 0.275 e. The van der Waals surface area contributed by atoms with Crippen LogP contribution in [0.2, 0.25) is 0 Å². The number of amides is 1. The topological polar surface area (TPSA) is 55.6 Å². The summed E-state index contributed by atoms with van der Waals surface area (Å²) in [6.45, 7) is 4.12. The predicted octanol–water partition coefficient (Wildman–Crippen LogP) is 6.17. The Labute approximate surface area is 198 Å². The average molecular weight is 448 g/mol. The first kappa shape index (κ1) is 21.5. The van der Waals surface area contributed by atoms with E-state index in [-0.39, 0.29) is 5.91 Å². The number of hydrogen-bond donors (Lipinski definition) is 1. The zero-order valence-electron chi connectivity index (χ0n) is 19.4. The maximum atomic E-state index is 12.9. The van der Waals surface area contributed by atoms with Gasteiger partial charge in [0.15, 0.2) is 0 Å². The first-order chi connectivity index (χ1) is 16.5. The highest BCUT2D eigenvalue weighted by atomic mass is 16.5. The van der Waals surface area contributed by atoms with E-state index >= 15 is 0 Å². The van der Waals surface area contributed by atoms with Crippen LogP contribution in [0.15, 0.2) is 90.0 Å². The summed E-state index contributed by atoms with van der Waals surface area (Å²) in [5.41, 5.74) is 7.27. The molecule has 0 atom stereocenters. The molecule has 5 heteroatoms. The predicted molar refractivity (Wildman–Crippen MR) is 138 cm³/mol. The van der Waals surface area contributed by atoms with Gasteiger partial charge in [0.2, 0.25) is 0 Å². The molecule has 34 heavy (non-hydrogen) atoms. The number of fused-ring (bicyclic) bond motifs is 2. The van der Waals surface area contributed by atoms with Crippen molar-refractivity contribution in [1.82, 2.24) is 9.99 Å². The number of nitrogens with zero attached hydrogens (tertiary/aromatic N) is 2. The number of carbonyl (C=O) groups is 1. The second-order valence-electron chi connectivity index (χ2n) is 8.29. The normalized spacial score (nSPS) is 11.4. The van der Waals surface area contributed by atoms with Gasteiger partial charge in [-0.15, -0.1) is 0 Å². The Balaban J connectivity index is 1.40. The van der Waals surface area contributed by atoms with Crippen LogP contribution in [0.5, 0.6) is 5.75 Å². The number of ether oxygens (including phenoxy) is 1. The third kappa shape index (κ3) is 3.92. The van der Waals surface area contributed by atoms with Crippen LogP contribution in [-0.2, 0) is 0 Å². The minimum absolute atomic E-state index is 0.317. The Hall–Kier alpha value is -4.38. The molecule has 1 heterocycles. The molecule has 0 bridgehead atoms. The van der Waals surface area contributed by atoms with E-state index in [1.54, 1.807) is 13.3 Å². The summed E-state index contributed by atoms with van der Waals surface area (Å²) in [4.78, 5) is 12.9. The van der Waals surface area contributed by atoms with E-state index in [0.717, 1.165) is 33.4 Å². The fourth-order valence-corrected chi connectivity index (χ4v) is 4.42. The number of hydrogen-bond acceptors (Lipinski definition) is 3. The molecule has 0 fully saturated rings. The lowest BCUT2D eigenvalue weighted by Crippen LogP contribution is -2.18. The smallest absolute Gasteiger partial charge is 0.275 e. The van der Waals surface area contributed by atoms with Crippen molar-refractivity contribution in [3.05, 3.63) is 107 Å². The third-order valence-corrected chi connectivity index (χ3v) is 6.14. The van der Waals surface area contributed by atoms with E-state index in [1.807, 2.05) is 48.5 Å². The molecule has 0 aliphatic heterocycles. The molecule has 0 aliphatic carbocycles. The van der Waals surface area contributed by atoms with E-state index in [9.17, 15) is 4.79 Å². The number of rotatable bonds is 5. The zero-order valence-corrected chi connectivity index (χ0v) is 19.4. The molecule has 5 rings (SSSR count). The van der Waals surface area contributed by atoms with Gasteiger partial charge in [-0.3, -0.25) is 4.79 Å². The second kappa shape index (κ2) is 8.87. The summed E-state index contributed by atoms with van der Waals surface area (Å²) in [7, 11) is 1.56. The highest BCUT2D eigenvalue weighted by Gasteiger charge is 2.14.